The highest BCUT2D eigenvalue weighted by Gasteiger charge is 2.13. The van der Waals surface area contributed by atoms with Gasteiger partial charge in [0.15, 0.2) is 0 Å². The third kappa shape index (κ3) is 3.08. The summed E-state index contributed by atoms with van der Waals surface area (Å²) in [7, 11) is 0. The molecule has 6 heteroatoms. The molecule has 0 bridgehead atoms. The molecule has 5 nitrogen and oxygen atoms in total. The van der Waals surface area contributed by atoms with Crippen molar-refractivity contribution in [2.75, 3.05) is 0 Å². The van der Waals surface area contributed by atoms with E-state index in [2.05, 4.69) is 15.9 Å². The molecule has 0 amide bonds. The van der Waals surface area contributed by atoms with E-state index in [-0.39, 0.29) is 11.2 Å². The lowest BCUT2D eigenvalue weighted by Gasteiger charge is -2.07. The molecule has 0 aliphatic heterocycles. The molecule has 0 fully saturated rings. The number of pyridine rings is 1. The zero-order chi connectivity index (χ0) is 14.0. The highest BCUT2D eigenvalue weighted by molar-refractivity contribution is 9.10. The van der Waals surface area contributed by atoms with Crippen molar-refractivity contribution in [2.24, 2.45) is 0 Å². The van der Waals surface area contributed by atoms with E-state index in [1.807, 2.05) is 24.3 Å². The summed E-state index contributed by atoms with van der Waals surface area (Å²) in [5.41, 5.74) is 0.994. The fraction of sp³-hybridized carbons (Fsp3) is 0.154. The first-order chi connectivity index (χ1) is 8.97. The smallest absolute Gasteiger partial charge is 0.288 e. The van der Waals surface area contributed by atoms with Gasteiger partial charge in [-0.25, -0.2) is 0 Å². The van der Waals surface area contributed by atoms with Crippen LogP contribution in [0.1, 0.15) is 11.1 Å². The van der Waals surface area contributed by atoms with Crippen LogP contribution in [0.5, 0.6) is 0 Å². The van der Waals surface area contributed by atoms with Gasteiger partial charge in [-0.3, -0.25) is 14.9 Å². The Hall–Kier alpha value is -1.95. The molecule has 0 saturated heterocycles. The van der Waals surface area contributed by atoms with Gasteiger partial charge in [0.25, 0.3) is 11.2 Å². The van der Waals surface area contributed by atoms with Gasteiger partial charge in [-0.2, -0.15) is 0 Å². The second-order valence-electron chi connectivity index (χ2n) is 4.19. The second kappa shape index (κ2) is 5.36. The summed E-state index contributed by atoms with van der Waals surface area (Å²) in [5, 5.41) is 10.9. The van der Waals surface area contributed by atoms with Crippen molar-refractivity contribution in [3.63, 3.8) is 0 Å². The zero-order valence-electron chi connectivity index (χ0n) is 10.2. The van der Waals surface area contributed by atoms with E-state index >= 15 is 0 Å². The Morgan fingerprint density at radius 1 is 1.32 bits per heavy atom. The van der Waals surface area contributed by atoms with Gasteiger partial charge in [-0.15, -0.1) is 0 Å². The largest absolute Gasteiger partial charge is 0.304 e. The Morgan fingerprint density at radius 2 is 1.95 bits per heavy atom. The summed E-state index contributed by atoms with van der Waals surface area (Å²) >= 11 is 3.33. The number of nitrogens with zero attached hydrogens (tertiary/aromatic N) is 2. The van der Waals surface area contributed by atoms with Gasteiger partial charge in [0.05, 0.1) is 17.7 Å². The third-order valence-corrected chi connectivity index (χ3v) is 3.30. The number of rotatable bonds is 3. The van der Waals surface area contributed by atoms with Crippen molar-refractivity contribution >= 4 is 21.6 Å². The first-order valence-corrected chi connectivity index (χ1v) is 6.36. The van der Waals surface area contributed by atoms with Crippen LogP contribution in [0.4, 0.5) is 5.69 Å². The molecule has 98 valence electrons. The Labute approximate surface area is 117 Å². The molecule has 1 aromatic carbocycles. The minimum Gasteiger partial charge on any atom is -0.304 e. The van der Waals surface area contributed by atoms with Gasteiger partial charge in [0.2, 0.25) is 0 Å². The molecule has 0 N–H and O–H groups in total. The lowest BCUT2D eigenvalue weighted by Crippen LogP contribution is -2.20. The summed E-state index contributed by atoms with van der Waals surface area (Å²) in [4.78, 5) is 22.2. The van der Waals surface area contributed by atoms with Gasteiger partial charge >= 0.3 is 0 Å². The second-order valence-corrected chi connectivity index (χ2v) is 5.11. The van der Waals surface area contributed by atoms with E-state index in [4.69, 9.17) is 0 Å². The van der Waals surface area contributed by atoms with Crippen LogP contribution in [-0.2, 0) is 6.54 Å². The van der Waals surface area contributed by atoms with E-state index < -0.39 is 4.92 Å². The molecule has 0 spiro atoms. The summed E-state index contributed by atoms with van der Waals surface area (Å²) in [5.74, 6) is 0. The highest BCUT2D eigenvalue weighted by atomic mass is 79.9. The first kappa shape index (κ1) is 13.5. The Morgan fingerprint density at radius 3 is 2.53 bits per heavy atom. The lowest BCUT2D eigenvalue weighted by atomic mass is 10.2. The Balaban J connectivity index is 2.40. The number of benzene rings is 1. The summed E-state index contributed by atoms with van der Waals surface area (Å²) < 4.78 is 2.28. The highest BCUT2D eigenvalue weighted by Crippen LogP contribution is 2.15. The van der Waals surface area contributed by atoms with E-state index in [1.165, 1.54) is 16.8 Å². The number of hydrogen-bond acceptors (Lipinski definition) is 3. The minimum atomic E-state index is -0.479. The molecule has 1 heterocycles. The molecular formula is C13H11BrN2O3. The van der Waals surface area contributed by atoms with E-state index in [0.29, 0.717) is 12.1 Å². The minimum absolute atomic E-state index is 0.0447. The van der Waals surface area contributed by atoms with Crippen molar-refractivity contribution in [2.45, 2.75) is 13.5 Å². The molecule has 19 heavy (non-hydrogen) atoms. The fourth-order valence-electron chi connectivity index (χ4n) is 1.76. The van der Waals surface area contributed by atoms with Crippen molar-refractivity contribution in [1.29, 1.82) is 0 Å². The Bertz CT molecular complexity index is 677. The lowest BCUT2D eigenvalue weighted by molar-refractivity contribution is -0.385. The monoisotopic (exact) mass is 322 g/mol. The molecule has 0 unspecified atom stereocenters. The summed E-state index contributed by atoms with van der Waals surface area (Å²) in [6.07, 6.45) is 1.29. The molecule has 0 aliphatic carbocycles. The number of hydrogen-bond donors (Lipinski definition) is 0. The molecule has 0 radical (unpaired) electrons. The van der Waals surface area contributed by atoms with Crippen LogP contribution in [-0.4, -0.2) is 9.49 Å². The molecule has 1 aromatic heterocycles. The van der Waals surface area contributed by atoms with Crippen molar-refractivity contribution in [3.8, 4) is 0 Å². The van der Waals surface area contributed by atoms with Crippen LogP contribution in [0.3, 0.4) is 0 Å². The summed E-state index contributed by atoms with van der Waals surface area (Å²) in [6.45, 7) is 1.87. The average Bonchev–Trinajstić information content (AvgIpc) is 2.34. The molecule has 2 rings (SSSR count). The number of aromatic nitrogens is 1. The maximum Gasteiger partial charge on any atom is 0.288 e. The van der Waals surface area contributed by atoms with Gasteiger partial charge in [-0.05, 0) is 24.6 Å². The van der Waals surface area contributed by atoms with Gasteiger partial charge in [-0.1, -0.05) is 28.1 Å². The number of halogens is 1. The van der Waals surface area contributed by atoms with E-state index in [9.17, 15) is 14.9 Å². The van der Waals surface area contributed by atoms with Gasteiger partial charge in [0, 0.05) is 16.1 Å². The van der Waals surface area contributed by atoms with Crippen LogP contribution >= 0.6 is 15.9 Å². The van der Waals surface area contributed by atoms with Crippen molar-refractivity contribution in [3.05, 3.63) is 72.6 Å². The molecule has 0 saturated carbocycles. The SMILES string of the molecule is Cc1cc(=O)n(Cc2ccc(Br)cc2)cc1[N+](=O)[O-]. The van der Waals surface area contributed by atoms with Crippen LogP contribution in [0.25, 0.3) is 0 Å². The van der Waals surface area contributed by atoms with E-state index in [0.717, 1.165) is 10.0 Å². The number of aryl methyl sites for hydroxylation is 1. The standard InChI is InChI=1S/C13H11BrN2O3/c1-9-6-13(17)15(8-12(9)16(18)19)7-10-2-4-11(14)5-3-10/h2-6,8H,7H2,1H3. The maximum absolute atomic E-state index is 11.8. The predicted octanol–water partition coefficient (Wildman–Crippen LogP) is 2.88. The topological polar surface area (TPSA) is 65.1 Å². The summed E-state index contributed by atoms with van der Waals surface area (Å²) in [6, 6.07) is 8.74. The van der Waals surface area contributed by atoms with Gasteiger partial charge in [0.1, 0.15) is 0 Å². The van der Waals surface area contributed by atoms with Crippen molar-refractivity contribution in [1.82, 2.24) is 4.57 Å². The molecule has 0 aliphatic rings. The van der Waals surface area contributed by atoms with Crippen molar-refractivity contribution < 1.29 is 4.92 Å². The molecule has 0 atom stereocenters. The first-order valence-electron chi connectivity index (χ1n) is 5.57. The predicted molar refractivity (Wildman–Crippen MR) is 75.3 cm³/mol. The maximum atomic E-state index is 11.8. The fourth-order valence-corrected chi connectivity index (χ4v) is 2.02. The molecule has 2 aromatic rings. The molecular weight excluding hydrogens is 312 g/mol. The zero-order valence-corrected chi connectivity index (χ0v) is 11.8. The van der Waals surface area contributed by atoms with Crippen LogP contribution in [0.2, 0.25) is 0 Å². The van der Waals surface area contributed by atoms with Crippen LogP contribution < -0.4 is 5.56 Å². The number of nitro groups is 1. The average molecular weight is 323 g/mol. The quantitative estimate of drug-likeness (QED) is 0.644. The van der Waals surface area contributed by atoms with E-state index in [1.54, 1.807) is 6.92 Å². The van der Waals surface area contributed by atoms with Crippen LogP contribution in [0, 0.1) is 17.0 Å². The third-order valence-electron chi connectivity index (χ3n) is 2.77. The van der Waals surface area contributed by atoms with Crippen LogP contribution in [0.15, 0.2) is 45.8 Å². The normalized spacial score (nSPS) is 10.4. The Kier molecular flexibility index (Phi) is 3.80. The van der Waals surface area contributed by atoms with Gasteiger partial charge < -0.3 is 4.57 Å².